The van der Waals surface area contributed by atoms with E-state index in [4.69, 9.17) is 11.0 Å². The molecule has 4 heteroatoms. The summed E-state index contributed by atoms with van der Waals surface area (Å²) in [6.07, 6.45) is 0.873. The number of nitrogens with one attached hydrogen (secondary N) is 1. The van der Waals surface area contributed by atoms with Crippen LogP contribution in [-0.2, 0) is 6.54 Å². The Morgan fingerprint density at radius 2 is 2.27 bits per heavy atom. The molecule has 0 fully saturated rings. The summed E-state index contributed by atoms with van der Waals surface area (Å²) in [6.45, 7) is 1.87. The van der Waals surface area contributed by atoms with Crippen molar-refractivity contribution in [2.24, 2.45) is 5.73 Å². The molecule has 0 aliphatic carbocycles. The van der Waals surface area contributed by atoms with Crippen molar-refractivity contribution in [1.82, 2.24) is 5.32 Å². The third kappa shape index (κ3) is 3.66. The molecule has 0 heterocycles. The summed E-state index contributed by atoms with van der Waals surface area (Å²) in [4.78, 5) is 0. The highest BCUT2D eigenvalue weighted by molar-refractivity contribution is 5.32. The molecule has 1 aromatic rings. The summed E-state index contributed by atoms with van der Waals surface area (Å²) >= 11 is 0. The number of nitriles is 1. The van der Waals surface area contributed by atoms with Crippen molar-refractivity contribution >= 4 is 0 Å². The monoisotopic (exact) mass is 207 g/mol. The molecule has 0 aliphatic heterocycles. The second kappa shape index (κ2) is 6.12. The molecule has 0 aromatic heterocycles. The zero-order valence-corrected chi connectivity index (χ0v) is 8.46. The maximum atomic E-state index is 13.3. The molecule has 3 nitrogen and oxygen atoms in total. The van der Waals surface area contributed by atoms with Crippen LogP contribution in [-0.4, -0.2) is 13.1 Å². The minimum Gasteiger partial charge on any atom is -0.330 e. The highest BCUT2D eigenvalue weighted by Gasteiger charge is 2.02. The summed E-state index contributed by atoms with van der Waals surface area (Å²) in [5.41, 5.74) is 6.25. The fourth-order valence-electron chi connectivity index (χ4n) is 1.21. The molecule has 1 aromatic carbocycles. The van der Waals surface area contributed by atoms with Gasteiger partial charge in [0.1, 0.15) is 5.82 Å². The van der Waals surface area contributed by atoms with Crippen LogP contribution in [0.5, 0.6) is 0 Å². The number of halogens is 1. The number of nitrogens with two attached hydrogens (primary N) is 1. The molecule has 0 atom stereocenters. The second-order valence-corrected chi connectivity index (χ2v) is 3.24. The molecule has 80 valence electrons. The van der Waals surface area contributed by atoms with E-state index in [0.717, 1.165) is 13.0 Å². The Morgan fingerprint density at radius 1 is 1.47 bits per heavy atom. The molecule has 0 saturated carbocycles. The van der Waals surface area contributed by atoms with Crippen LogP contribution in [0.15, 0.2) is 18.2 Å². The first-order valence-electron chi connectivity index (χ1n) is 4.87. The Balaban J connectivity index is 2.52. The van der Waals surface area contributed by atoms with E-state index in [1.165, 1.54) is 6.07 Å². The Morgan fingerprint density at radius 3 is 2.87 bits per heavy atom. The highest BCUT2D eigenvalue weighted by atomic mass is 19.1. The van der Waals surface area contributed by atoms with Gasteiger partial charge in [-0.3, -0.25) is 0 Å². The molecule has 0 unspecified atom stereocenters. The van der Waals surface area contributed by atoms with E-state index < -0.39 is 0 Å². The van der Waals surface area contributed by atoms with Crippen molar-refractivity contribution in [3.63, 3.8) is 0 Å². The van der Waals surface area contributed by atoms with Crippen LogP contribution in [0.2, 0.25) is 0 Å². The van der Waals surface area contributed by atoms with Crippen LogP contribution < -0.4 is 11.1 Å². The molecule has 0 aliphatic rings. The zero-order chi connectivity index (χ0) is 11.1. The molecule has 0 bridgehead atoms. The van der Waals surface area contributed by atoms with Crippen molar-refractivity contribution in [2.45, 2.75) is 13.0 Å². The summed E-state index contributed by atoms with van der Waals surface area (Å²) in [5.74, 6) is -0.339. The molecule has 0 radical (unpaired) electrons. The predicted octanol–water partition coefficient (Wildman–Crippen LogP) is 1.14. The van der Waals surface area contributed by atoms with E-state index in [-0.39, 0.29) is 5.82 Å². The van der Waals surface area contributed by atoms with Crippen molar-refractivity contribution in [2.75, 3.05) is 13.1 Å². The number of rotatable bonds is 5. The lowest BCUT2D eigenvalue weighted by Crippen LogP contribution is -2.18. The average Bonchev–Trinajstić information content (AvgIpc) is 2.26. The van der Waals surface area contributed by atoms with Crippen molar-refractivity contribution in [3.05, 3.63) is 35.1 Å². The largest absolute Gasteiger partial charge is 0.330 e. The van der Waals surface area contributed by atoms with E-state index in [1.807, 2.05) is 6.07 Å². The normalized spacial score (nSPS) is 9.93. The lowest BCUT2D eigenvalue weighted by atomic mass is 10.1. The summed E-state index contributed by atoms with van der Waals surface area (Å²) in [7, 11) is 0. The van der Waals surface area contributed by atoms with Gasteiger partial charge in [-0.1, -0.05) is 6.07 Å². The van der Waals surface area contributed by atoms with Crippen LogP contribution in [0.4, 0.5) is 4.39 Å². The minimum absolute atomic E-state index is 0.339. The third-order valence-corrected chi connectivity index (χ3v) is 2.06. The lowest BCUT2D eigenvalue weighted by molar-refractivity contribution is 0.583. The van der Waals surface area contributed by atoms with Gasteiger partial charge in [0.15, 0.2) is 0 Å². The number of hydrogen-bond donors (Lipinski definition) is 2. The quantitative estimate of drug-likeness (QED) is 0.712. The molecule has 0 saturated heterocycles. The maximum Gasteiger partial charge on any atom is 0.129 e. The van der Waals surface area contributed by atoms with Crippen molar-refractivity contribution in [3.8, 4) is 6.07 Å². The lowest BCUT2D eigenvalue weighted by Gasteiger charge is -2.05. The SMILES string of the molecule is N#Cc1ccc(CNCCCN)c(F)c1. The molecule has 0 amide bonds. The van der Waals surface area contributed by atoms with Gasteiger partial charge in [0.25, 0.3) is 0 Å². The first kappa shape index (κ1) is 11.6. The Labute approximate surface area is 88.7 Å². The van der Waals surface area contributed by atoms with Crippen molar-refractivity contribution in [1.29, 1.82) is 5.26 Å². The Hall–Kier alpha value is -1.44. The molecule has 15 heavy (non-hydrogen) atoms. The van der Waals surface area contributed by atoms with Gasteiger partial charge in [0, 0.05) is 12.1 Å². The Kier molecular flexibility index (Phi) is 4.75. The first-order chi connectivity index (χ1) is 7.27. The van der Waals surface area contributed by atoms with Gasteiger partial charge in [-0.25, -0.2) is 4.39 Å². The average molecular weight is 207 g/mol. The van der Waals surface area contributed by atoms with Crippen molar-refractivity contribution < 1.29 is 4.39 Å². The molecule has 1 rings (SSSR count). The van der Waals surface area contributed by atoms with Gasteiger partial charge in [-0.2, -0.15) is 5.26 Å². The van der Waals surface area contributed by atoms with E-state index in [1.54, 1.807) is 12.1 Å². The minimum atomic E-state index is -0.339. The van der Waals surface area contributed by atoms with E-state index in [2.05, 4.69) is 5.32 Å². The van der Waals surface area contributed by atoms with E-state index in [0.29, 0.717) is 24.2 Å². The van der Waals surface area contributed by atoms with E-state index in [9.17, 15) is 4.39 Å². The van der Waals surface area contributed by atoms with Gasteiger partial charge >= 0.3 is 0 Å². The van der Waals surface area contributed by atoms with E-state index >= 15 is 0 Å². The van der Waals surface area contributed by atoms with Crippen LogP contribution in [0.25, 0.3) is 0 Å². The fraction of sp³-hybridized carbons (Fsp3) is 0.364. The second-order valence-electron chi connectivity index (χ2n) is 3.24. The summed E-state index contributed by atoms with van der Waals surface area (Å²) < 4.78 is 13.3. The fourth-order valence-corrected chi connectivity index (χ4v) is 1.21. The van der Waals surface area contributed by atoms with Gasteiger partial charge in [0.2, 0.25) is 0 Å². The van der Waals surface area contributed by atoms with Gasteiger partial charge in [-0.05, 0) is 31.6 Å². The summed E-state index contributed by atoms with van der Waals surface area (Å²) in [5, 5.41) is 11.6. The molecular formula is C11H14FN3. The standard InChI is InChI=1S/C11H14FN3/c12-11-6-9(7-14)2-3-10(11)8-15-5-1-4-13/h2-3,6,15H,1,4-5,8,13H2. The zero-order valence-electron chi connectivity index (χ0n) is 8.46. The third-order valence-electron chi connectivity index (χ3n) is 2.06. The maximum absolute atomic E-state index is 13.3. The van der Waals surface area contributed by atoms with Crippen LogP contribution in [0, 0.1) is 17.1 Å². The van der Waals surface area contributed by atoms with Crippen LogP contribution in [0.3, 0.4) is 0 Å². The van der Waals surface area contributed by atoms with Gasteiger partial charge < -0.3 is 11.1 Å². The molecule has 3 N–H and O–H groups in total. The molecule has 0 spiro atoms. The van der Waals surface area contributed by atoms with Gasteiger partial charge in [0.05, 0.1) is 11.6 Å². The highest BCUT2D eigenvalue weighted by Crippen LogP contribution is 2.09. The van der Waals surface area contributed by atoms with Gasteiger partial charge in [-0.15, -0.1) is 0 Å². The van der Waals surface area contributed by atoms with Crippen LogP contribution >= 0.6 is 0 Å². The number of nitrogens with zero attached hydrogens (tertiary/aromatic N) is 1. The smallest absolute Gasteiger partial charge is 0.129 e. The first-order valence-corrected chi connectivity index (χ1v) is 4.87. The topological polar surface area (TPSA) is 61.8 Å². The van der Waals surface area contributed by atoms with Crippen LogP contribution in [0.1, 0.15) is 17.5 Å². The Bertz CT molecular complexity index is 357. The number of benzene rings is 1. The number of hydrogen-bond acceptors (Lipinski definition) is 3. The molecular weight excluding hydrogens is 193 g/mol. The summed E-state index contributed by atoms with van der Waals surface area (Å²) in [6, 6.07) is 6.39. The predicted molar refractivity (Wildman–Crippen MR) is 56.5 cm³/mol.